The van der Waals surface area contributed by atoms with Crippen molar-refractivity contribution in [3.63, 3.8) is 0 Å². The number of amides is 2. The van der Waals surface area contributed by atoms with Crippen molar-refractivity contribution in [2.24, 2.45) is 0 Å². The third-order valence-corrected chi connectivity index (χ3v) is 2.80. The van der Waals surface area contributed by atoms with Crippen molar-refractivity contribution in [3.8, 4) is 0 Å². The van der Waals surface area contributed by atoms with E-state index in [0.29, 0.717) is 12.1 Å². The monoisotopic (exact) mass is 284 g/mol. The van der Waals surface area contributed by atoms with Gasteiger partial charge in [0.15, 0.2) is 0 Å². The van der Waals surface area contributed by atoms with Gasteiger partial charge in [-0.25, -0.2) is 4.79 Å². The van der Waals surface area contributed by atoms with Gasteiger partial charge in [0.1, 0.15) is 5.60 Å². The molecular formula is C13H20N2O3S. The van der Waals surface area contributed by atoms with Gasteiger partial charge >= 0.3 is 6.09 Å². The summed E-state index contributed by atoms with van der Waals surface area (Å²) in [4.78, 5) is 23.2. The fourth-order valence-corrected chi connectivity index (χ4v) is 1.94. The zero-order chi connectivity index (χ0) is 14.5. The highest BCUT2D eigenvalue weighted by molar-refractivity contribution is 7.08. The summed E-state index contributed by atoms with van der Waals surface area (Å²) in [6, 6.07) is 1.56. The number of nitrogens with one attached hydrogen (secondary N) is 2. The maximum Gasteiger partial charge on any atom is 0.407 e. The van der Waals surface area contributed by atoms with Crippen molar-refractivity contribution in [3.05, 3.63) is 22.4 Å². The van der Waals surface area contributed by atoms with E-state index in [-0.39, 0.29) is 11.9 Å². The zero-order valence-corrected chi connectivity index (χ0v) is 12.5. The molecule has 0 saturated carbocycles. The zero-order valence-electron chi connectivity index (χ0n) is 11.6. The molecule has 0 aliphatic rings. The first-order valence-corrected chi connectivity index (χ1v) is 7.02. The summed E-state index contributed by atoms with van der Waals surface area (Å²) in [7, 11) is 0. The fraction of sp³-hybridized carbons (Fsp3) is 0.538. The van der Waals surface area contributed by atoms with Gasteiger partial charge in [-0.2, -0.15) is 11.3 Å². The minimum absolute atomic E-state index is 0.140. The van der Waals surface area contributed by atoms with Crippen LogP contribution in [-0.2, 0) is 4.74 Å². The number of ether oxygens (including phenoxy) is 1. The second-order valence-electron chi connectivity index (χ2n) is 5.27. The maximum absolute atomic E-state index is 11.7. The highest BCUT2D eigenvalue weighted by atomic mass is 32.1. The highest BCUT2D eigenvalue weighted by Crippen LogP contribution is 2.07. The molecule has 1 atom stereocenters. The molecule has 1 heterocycles. The molecule has 5 nitrogen and oxygen atoms in total. The molecule has 0 bridgehead atoms. The first-order chi connectivity index (χ1) is 8.78. The Morgan fingerprint density at radius 2 is 2.11 bits per heavy atom. The van der Waals surface area contributed by atoms with E-state index in [1.165, 1.54) is 11.3 Å². The van der Waals surface area contributed by atoms with E-state index in [2.05, 4.69) is 10.6 Å². The molecule has 0 radical (unpaired) electrons. The van der Waals surface area contributed by atoms with Gasteiger partial charge in [0.05, 0.1) is 0 Å². The Hall–Kier alpha value is -1.56. The average Bonchev–Trinajstić information content (AvgIpc) is 2.76. The minimum Gasteiger partial charge on any atom is -0.444 e. The van der Waals surface area contributed by atoms with E-state index >= 15 is 0 Å². The molecule has 106 valence electrons. The van der Waals surface area contributed by atoms with Gasteiger partial charge in [0.2, 0.25) is 0 Å². The molecule has 19 heavy (non-hydrogen) atoms. The maximum atomic E-state index is 11.7. The van der Waals surface area contributed by atoms with Crippen LogP contribution in [0.25, 0.3) is 0 Å². The number of rotatable bonds is 4. The molecule has 0 saturated heterocycles. The molecule has 0 fully saturated rings. The molecule has 0 aromatic carbocycles. The Kier molecular flexibility index (Phi) is 5.35. The van der Waals surface area contributed by atoms with Crippen LogP contribution in [-0.4, -0.2) is 30.2 Å². The smallest absolute Gasteiger partial charge is 0.407 e. The first kappa shape index (κ1) is 15.5. The van der Waals surface area contributed by atoms with Gasteiger partial charge in [-0.1, -0.05) is 0 Å². The lowest BCUT2D eigenvalue weighted by molar-refractivity contribution is 0.0506. The largest absolute Gasteiger partial charge is 0.444 e. The summed E-state index contributed by atoms with van der Waals surface area (Å²) < 4.78 is 5.13. The van der Waals surface area contributed by atoms with Crippen molar-refractivity contribution in [1.82, 2.24) is 10.6 Å². The molecule has 0 spiro atoms. The van der Waals surface area contributed by atoms with Crippen molar-refractivity contribution < 1.29 is 14.3 Å². The van der Waals surface area contributed by atoms with Crippen molar-refractivity contribution in [2.45, 2.75) is 39.3 Å². The van der Waals surface area contributed by atoms with Crippen molar-refractivity contribution in [2.75, 3.05) is 6.54 Å². The van der Waals surface area contributed by atoms with Gasteiger partial charge in [-0.05, 0) is 39.1 Å². The summed E-state index contributed by atoms with van der Waals surface area (Å²) in [5.74, 6) is -0.140. The number of hydrogen-bond donors (Lipinski definition) is 2. The average molecular weight is 284 g/mol. The van der Waals surface area contributed by atoms with Gasteiger partial charge in [0.25, 0.3) is 5.91 Å². The molecule has 6 heteroatoms. The Balaban J connectivity index is 2.30. The van der Waals surface area contributed by atoms with Crippen LogP contribution in [0.2, 0.25) is 0 Å². The van der Waals surface area contributed by atoms with E-state index in [9.17, 15) is 9.59 Å². The SMILES string of the molecule is C[C@@H](CNC(=O)c1ccsc1)NC(=O)OC(C)(C)C. The normalized spacial score (nSPS) is 12.6. The third kappa shape index (κ3) is 6.24. The summed E-state index contributed by atoms with van der Waals surface area (Å²) in [5, 5.41) is 9.04. The van der Waals surface area contributed by atoms with E-state index < -0.39 is 11.7 Å². The highest BCUT2D eigenvalue weighted by Gasteiger charge is 2.17. The summed E-state index contributed by atoms with van der Waals surface area (Å²) in [5.41, 5.74) is 0.110. The summed E-state index contributed by atoms with van der Waals surface area (Å²) >= 11 is 1.47. The van der Waals surface area contributed by atoms with Gasteiger partial charge in [-0.15, -0.1) is 0 Å². The lowest BCUT2D eigenvalue weighted by Gasteiger charge is -2.22. The standard InChI is InChI=1S/C13H20N2O3S/c1-9(15-12(17)18-13(2,3)4)7-14-11(16)10-5-6-19-8-10/h5-6,8-9H,7H2,1-4H3,(H,14,16)(H,15,17)/t9-/m0/s1. The molecule has 1 aromatic rings. The van der Waals surface area contributed by atoms with Crippen LogP contribution < -0.4 is 10.6 Å². The van der Waals surface area contributed by atoms with Gasteiger partial charge < -0.3 is 15.4 Å². The lowest BCUT2D eigenvalue weighted by atomic mass is 10.2. The van der Waals surface area contributed by atoms with Crippen LogP contribution in [0.5, 0.6) is 0 Å². The Morgan fingerprint density at radius 3 is 2.63 bits per heavy atom. The van der Waals surface area contributed by atoms with E-state index in [1.54, 1.807) is 39.1 Å². The quantitative estimate of drug-likeness (QED) is 0.892. The Morgan fingerprint density at radius 1 is 1.42 bits per heavy atom. The van der Waals surface area contributed by atoms with Crippen LogP contribution in [0, 0.1) is 0 Å². The number of alkyl carbamates (subject to hydrolysis) is 1. The Bertz CT molecular complexity index is 424. The van der Waals surface area contributed by atoms with E-state index in [1.807, 2.05) is 5.38 Å². The molecule has 0 aliphatic heterocycles. The van der Waals surface area contributed by atoms with Crippen LogP contribution in [0.15, 0.2) is 16.8 Å². The number of hydrogen-bond acceptors (Lipinski definition) is 4. The van der Waals surface area contributed by atoms with Crippen LogP contribution in [0.3, 0.4) is 0 Å². The molecule has 2 N–H and O–H groups in total. The fourth-order valence-electron chi connectivity index (χ4n) is 1.30. The molecule has 0 aliphatic carbocycles. The molecular weight excluding hydrogens is 264 g/mol. The second-order valence-corrected chi connectivity index (χ2v) is 6.05. The van der Waals surface area contributed by atoms with Gasteiger partial charge in [-0.3, -0.25) is 4.79 Å². The topological polar surface area (TPSA) is 67.4 Å². The van der Waals surface area contributed by atoms with Crippen LogP contribution >= 0.6 is 11.3 Å². The molecule has 1 rings (SSSR count). The van der Waals surface area contributed by atoms with E-state index in [0.717, 1.165) is 0 Å². The number of thiophene rings is 1. The van der Waals surface area contributed by atoms with Crippen molar-refractivity contribution in [1.29, 1.82) is 0 Å². The minimum atomic E-state index is -0.524. The van der Waals surface area contributed by atoms with E-state index in [4.69, 9.17) is 4.74 Å². The summed E-state index contributed by atoms with van der Waals surface area (Å²) in [6.45, 7) is 7.56. The third-order valence-electron chi connectivity index (χ3n) is 2.12. The molecule has 1 aromatic heterocycles. The number of carbonyl (C=O) groups excluding carboxylic acids is 2. The lowest BCUT2D eigenvalue weighted by Crippen LogP contribution is -2.43. The number of carbonyl (C=O) groups is 2. The van der Waals surface area contributed by atoms with Crippen LogP contribution in [0.1, 0.15) is 38.1 Å². The molecule has 2 amide bonds. The van der Waals surface area contributed by atoms with Crippen molar-refractivity contribution >= 4 is 23.3 Å². The van der Waals surface area contributed by atoms with Gasteiger partial charge in [0, 0.05) is 23.5 Å². The predicted molar refractivity (Wildman–Crippen MR) is 75.5 cm³/mol. The Labute approximate surface area is 117 Å². The molecule has 0 unspecified atom stereocenters. The second kappa shape index (κ2) is 6.56. The van der Waals surface area contributed by atoms with Crippen LogP contribution in [0.4, 0.5) is 4.79 Å². The predicted octanol–water partition coefficient (Wildman–Crippen LogP) is 2.39. The summed E-state index contributed by atoms with van der Waals surface area (Å²) in [6.07, 6.45) is -0.482. The first-order valence-electron chi connectivity index (χ1n) is 6.08.